The van der Waals surface area contributed by atoms with Crippen LogP contribution in [0.15, 0.2) is 35.7 Å². The standard InChI is InChI=1S/C18H18N4O4/c1-3-25-14(23)8-13-16-15(10-5-4-6-11(7-10)24-2)12(9-19)17(20)26-18(16)22-21-13/h4-7,15H,3,8,20H2,1-2H3,(H,21,22). The lowest BCUT2D eigenvalue weighted by molar-refractivity contribution is -0.142. The Bertz CT molecular complexity index is 910. The first-order valence-corrected chi connectivity index (χ1v) is 8.03. The second kappa shape index (κ2) is 7.19. The summed E-state index contributed by atoms with van der Waals surface area (Å²) in [5, 5.41) is 16.5. The van der Waals surface area contributed by atoms with E-state index in [1.807, 2.05) is 18.2 Å². The molecule has 0 spiro atoms. The largest absolute Gasteiger partial charge is 0.497 e. The molecule has 3 rings (SSSR count). The number of carbonyl (C=O) groups is 1. The number of hydrogen-bond donors (Lipinski definition) is 2. The van der Waals surface area contributed by atoms with Gasteiger partial charge in [-0.3, -0.25) is 9.89 Å². The highest BCUT2D eigenvalue weighted by atomic mass is 16.5. The van der Waals surface area contributed by atoms with Gasteiger partial charge in [0.05, 0.1) is 37.3 Å². The molecule has 2 aromatic rings. The molecular weight excluding hydrogens is 336 g/mol. The third-order valence-corrected chi connectivity index (χ3v) is 4.07. The fourth-order valence-electron chi connectivity index (χ4n) is 2.95. The van der Waals surface area contributed by atoms with E-state index in [0.29, 0.717) is 17.0 Å². The van der Waals surface area contributed by atoms with Crippen molar-refractivity contribution in [3.05, 3.63) is 52.5 Å². The molecule has 8 nitrogen and oxygen atoms in total. The summed E-state index contributed by atoms with van der Waals surface area (Å²) in [6, 6.07) is 9.40. The van der Waals surface area contributed by atoms with Crippen LogP contribution in [0.4, 0.5) is 0 Å². The van der Waals surface area contributed by atoms with Gasteiger partial charge in [-0.05, 0) is 24.6 Å². The van der Waals surface area contributed by atoms with Crippen molar-refractivity contribution < 1.29 is 19.0 Å². The van der Waals surface area contributed by atoms with Crippen LogP contribution in [0, 0.1) is 11.3 Å². The molecule has 134 valence electrons. The number of nitrogens with one attached hydrogen (secondary N) is 1. The summed E-state index contributed by atoms with van der Waals surface area (Å²) in [7, 11) is 1.56. The molecule has 1 aliphatic rings. The Balaban J connectivity index is 2.11. The van der Waals surface area contributed by atoms with E-state index in [4.69, 9.17) is 19.9 Å². The van der Waals surface area contributed by atoms with Crippen LogP contribution in [0.2, 0.25) is 0 Å². The van der Waals surface area contributed by atoms with Crippen molar-refractivity contribution in [2.24, 2.45) is 5.73 Å². The van der Waals surface area contributed by atoms with Crippen molar-refractivity contribution >= 4 is 5.97 Å². The first-order valence-electron chi connectivity index (χ1n) is 8.03. The van der Waals surface area contributed by atoms with Gasteiger partial charge in [-0.25, -0.2) is 0 Å². The molecule has 0 radical (unpaired) electrons. The quantitative estimate of drug-likeness (QED) is 0.784. The monoisotopic (exact) mass is 354 g/mol. The Hall–Kier alpha value is -3.47. The Kier molecular flexibility index (Phi) is 4.80. The minimum atomic E-state index is -0.526. The summed E-state index contributed by atoms with van der Waals surface area (Å²) in [6.07, 6.45) is -0.0153. The number of nitriles is 1. The maximum Gasteiger partial charge on any atom is 0.311 e. The predicted octanol–water partition coefficient (Wildman–Crippen LogP) is 1.74. The van der Waals surface area contributed by atoms with Crippen molar-refractivity contribution in [2.45, 2.75) is 19.3 Å². The van der Waals surface area contributed by atoms with Gasteiger partial charge in [0.1, 0.15) is 17.4 Å². The summed E-state index contributed by atoms with van der Waals surface area (Å²) in [5.41, 5.74) is 8.06. The molecule has 26 heavy (non-hydrogen) atoms. The van der Waals surface area contributed by atoms with Gasteiger partial charge in [-0.2, -0.15) is 5.26 Å². The van der Waals surface area contributed by atoms with Gasteiger partial charge >= 0.3 is 5.97 Å². The molecule has 1 aromatic heterocycles. The molecule has 1 unspecified atom stereocenters. The number of nitrogens with zero attached hydrogens (tertiary/aromatic N) is 2. The molecule has 1 aromatic carbocycles. The summed E-state index contributed by atoms with van der Waals surface area (Å²) < 4.78 is 15.8. The van der Waals surface area contributed by atoms with E-state index in [0.717, 1.165) is 5.56 Å². The minimum absolute atomic E-state index is 0.0120. The van der Waals surface area contributed by atoms with Crippen molar-refractivity contribution in [3.8, 4) is 17.7 Å². The Morgan fingerprint density at radius 2 is 2.31 bits per heavy atom. The molecule has 0 saturated heterocycles. The summed E-state index contributed by atoms with van der Waals surface area (Å²) in [5.74, 6) is -0.0520. The van der Waals surface area contributed by atoms with Gasteiger partial charge in [0, 0.05) is 0 Å². The van der Waals surface area contributed by atoms with E-state index in [1.165, 1.54) is 0 Å². The summed E-state index contributed by atoms with van der Waals surface area (Å²) in [6.45, 7) is 2.01. The number of allylic oxidation sites excluding steroid dienone is 1. The number of H-pyrrole nitrogens is 1. The molecule has 0 amide bonds. The summed E-state index contributed by atoms with van der Waals surface area (Å²) in [4.78, 5) is 11.9. The van der Waals surface area contributed by atoms with Crippen LogP contribution in [-0.4, -0.2) is 29.9 Å². The van der Waals surface area contributed by atoms with Crippen molar-refractivity contribution in [2.75, 3.05) is 13.7 Å². The van der Waals surface area contributed by atoms with Gasteiger partial charge < -0.3 is 19.9 Å². The fourth-order valence-corrected chi connectivity index (χ4v) is 2.95. The molecule has 0 aliphatic carbocycles. The van der Waals surface area contributed by atoms with Gasteiger partial charge in [-0.1, -0.05) is 12.1 Å². The van der Waals surface area contributed by atoms with Gasteiger partial charge in [-0.15, -0.1) is 5.10 Å². The minimum Gasteiger partial charge on any atom is -0.497 e. The van der Waals surface area contributed by atoms with Crippen LogP contribution >= 0.6 is 0 Å². The number of benzene rings is 1. The lowest BCUT2D eigenvalue weighted by Crippen LogP contribution is -2.22. The van der Waals surface area contributed by atoms with E-state index in [1.54, 1.807) is 20.1 Å². The van der Waals surface area contributed by atoms with Crippen LogP contribution in [0.1, 0.15) is 29.7 Å². The van der Waals surface area contributed by atoms with Crippen LogP contribution in [0.25, 0.3) is 0 Å². The predicted molar refractivity (Wildman–Crippen MR) is 91.2 cm³/mol. The zero-order chi connectivity index (χ0) is 18.7. The highest BCUT2D eigenvalue weighted by Crippen LogP contribution is 2.43. The van der Waals surface area contributed by atoms with E-state index in [-0.39, 0.29) is 30.4 Å². The van der Waals surface area contributed by atoms with Crippen molar-refractivity contribution in [1.29, 1.82) is 5.26 Å². The molecular formula is C18H18N4O4. The molecule has 1 atom stereocenters. The second-order valence-corrected chi connectivity index (χ2v) is 5.60. The number of aromatic amines is 1. The molecule has 8 heteroatoms. The first kappa shape index (κ1) is 17.4. The number of fused-ring (bicyclic) bond motifs is 1. The maximum atomic E-state index is 11.9. The summed E-state index contributed by atoms with van der Waals surface area (Å²) >= 11 is 0. The smallest absolute Gasteiger partial charge is 0.311 e. The number of rotatable bonds is 5. The van der Waals surface area contributed by atoms with E-state index >= 15 is 0 Å². The van der Waals surface area contributed by atoms with E-state index in [9.17, 15) is 10.1 Å². The van der Waals surface area contributed by atoms with Crippen LogP contribution in [0.5, 0.6) is 11.6 Å². The van der Waals surface area contributed by atoms with Crippen molar-refractivity contribution in [3.63, 3.8) is 0 Å². The normalized spacial score (nSPS) is 15.7. The third kappa shape index (κ3) is 3.07. The van der Waals surface area contributed by atoms with Gasteiger partial charge in [0.2, 0.25) is 11.8 Å². The van der Waals surface area contributed by atoms with E-state index < -0.39 is 11.9 Å². The molecule has 0 fully saturated rings. The first-order chi connectivity index (χ1) is 12.6. The van der Waals surface area contributed by atoms with Gasteiger partial charge in [0.25, 0.3) is 0 Å². The Morgan fingerprint density at radius 1 is 1.50 bits per heavy atom. The number of methoxy groups -OCH3 is 1. The van der Waals surface area contributed by atoms with Crippen LogP contribution < -0.4 is 15.2 Å². The Labute approximate surface area is 150 Å². The highest BCUT2D eigenvalue weighted by molar-refractivity contribution is 5.73. The topological polar surface area (TPSA) is 123 Å². The lowest BCUT2D eigenvalue weighted by atomic mass is 9.83. The number of esters is 1. The third-order valence-electron chi connectivity index (χ3n) is 4.07. The van der Waals surface area contributed by atoms with Crippen LogP contribution in [0.3, 0.4) is 0 Å². The maximum absolute atomic E-state index is 11.9. The zero-order valence-corrected chi connectivity index (χ0v) is 14.4. The van der Waals surface area contributed by atoms with Crippen molar-refractivity contribution in [1.82, 2.24) is 10.2 Å². The average Bonchev–Trinajstić information content (AvgIpc) is 3.02. The molecule has 3 N–H and O–H groups in total. The number of hydrogen-bond acceptors (Lipinski definition) is 7. The molecule has 2 heterocycles. The van der Waals surface area contributed by atoms with Crippen LogP contribution in [-0.2, 0) is 16.0 Å². The molecule has 0 saturated carbocycles. The van der Waals surface area contributed by atoms with E-state index in [2.05, 4.69) is 16.3 Å². The number of ether oxygens (including phenoxy) is 3. The Morgan fingerprint density at radius 3 is 3.00 bits per heavy atom. The fraction of sp³-hybridized carbons (Fsp3) is 0.278. The highest BCUT2D eigenvalue weighted by Gasteiger charge is 2.35. The SMILES string of the molecule is CCOC(=O)Cc1[nH]nc2c1C(c1cccc(OC)c1)C(C#N)=C(N)O2. The average molecular weight is 354 g/mol. The zero-order valence-electron chi connectivity index (χ0n) is 14.4. The molecule has 1 aliphatic heterocycles. The molecule has 0 bridgehead atoms. The number of nitrogens with two attached hydrogens (primary N) is 1. The number of carbonyl (C=O) groups excluding carboxylic acids is 1. The second-order valence-electron chi connectivity index (χ2n) is 5.60. The van der Waals surface area contributed by atoms with Gasteiger partial charge in [0.15, 0.2) is 0 Å². The lowest BCUT2D eigenvalue weighted by Gasteiger charge is -2.24. The number of aromatic nitrogens is 2.